The first-order valence-electron chi connectivity index (χ1n) is 9.29. The first kappa shape index (κ1) is 20.9. The first-order chi connectivity index (χ1) is 10.8. The van der Waals surface area contributed by atoms with E-state index in [0.29, 0.717) is 0 Å². The quantitative estimate of drug-likeness (QED) is 0.255. The molecule has 0 unspecified atom stereocenters. The molecule has 0 heterocycles. The van der Waals surface area contributed by atoms with E-state index in [2.05, 4.69) is 31.2 Å². The van der Waals surface area contributed by atoms with E-state index in [1.54, 1.807) is 0 Å². The van der Waals surface area contributed by atoms with Crippen LogP contribution >= 0.6 is 0 Å². The Labute approximate surface area is 137 Å². The molecule has 0 aromatic carbocycles. The largest absolute Gasteiger partial charge is 0.481 e. The molecule has 1 N–H and O–H groups in total. The average molecular weight is 309 g/mol. The van der Waals surface area contributed by atoms with Gasteiger partial charge in [-0.1, -0.05) is 63.3 Å². The number of carboxylic acid groups (broad SMARTS) is 1. The number of carbonyl (C=O) groups is 1. The lowest BCUT2D eigenvalue weighted by Gasteiger charge is -1.98. The standard InChI is InChI=1S/C20H36O2/c1-2-3-4-5-6-7-8-9-10-11-12-13-14-15-16-17-18-19-20(21)22/h7-8,15-16H,2-6,9-14,17-19H2,1H3,(H,21,22). The van der Waals surface area contributed by atoms with E-state index in [1.165, 1.54) is 64.2 Å². The summed E-state index contributed by atoms with van der Waals surface area (Å²) in [5, 5.41) is 8.51. The highest BCUT2D eigenvalue weighted by atomic mass is 16.4. The highest BCUT2D eigenvalue weighted by molar-refractivity contribution is 5.66. The lowest BCUT2D eigenvalue weighted by Crippen LogP contribution is -1.92. The van der Waals surface area contributed by atoms with E-state index in [1.807, 2.05) is 0 Å². The summed E-state index contributed by atoms with van der Waals surface area (Å²) in [6, 6.07) is 0. The van der Waals surface area contributed by atoms with Crippen LogP contribution in [-0.4, -0.2) is 11.1 Å². The molecule has 0 amide bonds. The Kier molecular flexibility index (Phi) is 17.1. The zero-order chi connectivity index (χ0) is 16.3. The molecular formula is C20H36O2. The maximum absolute atomic E-state index is 10.3. The predicted molar refractivity (Wildman–Crippen MR) is 96.2 cm³/mol. The molecule has 0 rings (SSSR count). The lowest BCUT2D eigenvalue weighted by atomic mass is 10.1. The normalized spacial score (nSPS) is 11.7. The van der Waals surface area contributed by atoms with Gasteiger partial charge in [0.1, 0.15) is 0 Å². The van der Waals surface area contributed by atoms with Crippen molar-refractivity contribution in [3.8, 4) is 0 Å². The van der Waals surface area contributed by atoms with Crippen molar-refractivity contribution < 1.29 is 9.90 Å². The summed E-state index contributed by atoms with van der Waals surface area (Å²) >= 11 is 0. The molecule has 0 aliphatic heterocycles. The molecule has 0 saturated carbocycles. The minimum atomic E-state index is -0.691. The van der Waals surface area contributed by atoms with Gasteiger partial charge in [-0.3, -0.25) is 4.79 Å². The topological polar surface area (TPSA) is 37.3 Å². The van der Waals surface area contributed by atoms with E-state index in [4.69, 9.17) is 5.11 Å². The van der Waals surface area contributed by atoms with Crippen LogP contribution in [0, 0.1) is 0 Å². The number of hydrogen-bond acceptors (Lipinski definition) is 1. The minimum Gasteiger partial charge on any atom is -0.481 e. The van der Waals surface area contributed by atoms with Crippen LogP contribution in [-0.2, 0) is 4.79 Å². The summed E-state index contributed by atoms with van der Waals surface area (Å²) < 4.78 is 0. The van der Waals surface area contributed by atoms with E-state index in [9.17, 15) is 4.79 Å². The van der Waals surface area contributed by atoms with Crippen molar-refractivity contribution >= 4 is 5.97 Å². The highest BCUT2D eigenvalue weighted by Gasteiger charge is 1.93. The Hall–Kier alpha value is -1.05. The van der Waals surface area contributed by atoms with Crippen LogP contribution in [0.4, 0.5) is 0 Å². The lowest BCUT2D eigenvalue weighted by molar-refractivity contribution is -0.137. The third-order valence-electron chi connectivity index (χ3n) is 3.81. The zero-order valence-electron chi connectivity index (χ0n) is 14.6. The highest BCUT2D eigenvalue weighted by Crippen LogP contribution is 2.08. The molecule has 0 aliphatic rings. The SMILES string of the molecule is CCCCCCC=CCCCCCCC=CCCCC(=O)O. The van der Waals surface area contributed by atoms with Gasteiger partial charge in [0.05, 0.1) is 0 Å². The molecule has 22 heavy (non-hydrogen) atoms. The third kappa shape index (κ3) is 18.9. The number of unbranched alkanes of at least 4 members (excludes halogenated alkanes) is 10. The average Bonchev–Trinajstić information content (AvgIpc) is 2.50. The van der Waals surface area contributed by atoms with Gasteiger partial charge >= 0.3 is 5.97 Å². The molecule has 2 nitrogen and oxygen atoms in total. The number of allylic oxidation sites excluding steroid dienone is 4. The maximum Gasteiger partial charge on any atom is 0.303 e. The summed E-state index contributed by atoms with van der Waals surface area (Å²) in [5.74, 6) is -0.691. The van der Waals surface area contributed by atoms with Gasteiger partial charge in [-0.2, -0.15) is 0 Å². The number of carboxylic acids is 1. The van der Waals surface area contributed by atoms with Gasteiger partial charge in [0.25, 0.3) is 0 Å². The summed E-state index contributed by atoms with van der Waals surface area (Å²) in [6.07, 6.45) is 25.3. The van der Waals surface area contributed by atoms with Gasteiger partial charge in [0.15, 0.2) is 0 Å². The van der Waals surface area contributed by atoms with Crippen molar-refractivity contribution in [3.05, 3.63) is 24.3 Å². The molecule has 0 aromatic rings. The van der Waals surface area contributed by atoms with E-state index in [0.717, 1.165) is 19.3 Å². The summed E-state index contributed by atoms with van der Waals surface area (Å²) in [4.78, 5) is 10.3. The van der Waals surface area contributed by atoms with Crippen LogP contribution in [0.1, 0.15) is 96.8 Å². The third-order valence-corrected chi connectivity index (χ3v) is 3.81. The fraction of sp³-hybridized carbons (Fsp3) is 0.750. The molecule has 0 atom stereocenters. The molecule has 0 aromatic heterocycles. The van der Waals surface area contributed by atoms with Gasteiger partial charge in [-0.25, -0.2) is 0 Å². The number of aliphatic carboxylic acids is 1. The van der Waals surface area contributed by atoms with Gasteiger partial charge in [-0.05, 0) is 51.4 Å². The number of rotatable bonds is 16. The summed E-state index contributed by atoms with van der Waals surface area (Å²) in [7, 11) is 0. The smallest absolute Gasteiger partial charge is 0.303 e. The zero-order valence-corrected chi connectivity index (χ0v) is 14.6. The van der Waals surface area contributed by atoms with Gasteiger partial charge in [0.2, 0.25) is 0 Å². The Morgan fingerprint density at radius 2 is 1.09 bits per heavy atom. The van der Waals surface area contributed by atoms with Crippen LogP contribution in [0.25, 0.3) is 0 Å². The molecule has 0 spiro atoms. The van der Waals surface area contributed by atoms with Crippen molar-refractivity contribution in [1.29, 1.82) is 0 Å². The van der Waals surface area contributed by atoms with Crippen molar-refractivity contribution in [3.63, 3.8) is 0 Å². The summed E-state index contributed by atoms with van der Waals surface area (Å²) in [6.45, 7) is 2.26. The predicted octanol–water partition coefficient (Wildman–Crippen LogP) is 6.66. The second kappa shape index (κ2) is 18.0. The van der Waals surface area contributed by atoms with Gasteiger partial charge in [-0.15, -0.1) is 0 Å². The van der Waals surface area contributed by atoms with Crippen LogP contribution in [0.3, 0.4) is 0 Å². The monoisotopic (exact) mass is 308 g/mol. The van der Waals surface area contributed by atoms with Crippen LogP contribution in [0.5, 0.6) is 0 Å². The van der Waals surface area contributed by atoms with Crippen molar-refractivity contribution in [1.82, 2.24) is 0 Å². The van der Waals surface area contributed by atoms with Crippen LogP contribution in [0.2, 0.25) is 0 Å². The van der Waals surface area contributed by atoms with E-state index < -0.39 is 5.97 Å². The van der Waals surface area contributed by atoms with Crippen molar-refractivity contribution in [2.75, 3.05) is 0 Å². The first-order valence-corrected chi connectivity index (χ1v) is 9.29. The fourth-order valence-electron chi connectivity index (χ4n) is 2.41. The Bertz CT molecular complexity index is 292. The fourth-order valence-corrected chi connectivity index (χ4v) is 2.41. The Morgan fingerprint density at radius 1 is 0.682 bits per heavy atom. The molecule has 0 bridgehead atoms. The van der Waals surface area contributed by atoms with Crippen molar-refractivity contribution in [2.24, 2.45) is 0 Å². The second-order valence-electron chi connectivity index (χ2n) is 6.07. The molecule has 0 radical (unpaired) electrons. The molecular weight excluding hydrogens is 272 g/mol. The minimum absolute atomic E-state index is 0.288. The molecule has 0 fully saturated rings. The number of hydrogen-bond donors (Lipinski definition) is 1. The van der Waals surface area contributed by atoms with Gasteiger partial charge < -0.3 is 5.11 Å². The molecule has 128 valence electrons. The van der Waals surface area contributed by atoms with Crippen molar-refractivity contribution in [2.45, 2.75) is 96.8 Å². The Balaban J connectivity index is 3.15. The van der Waals surface area contributed by atoms with Crippen LogP contribution < -0.4 is 0 Å². The van der Waals surface area contributed by atoms with Crippen LogP contribution in [0.15, 0.2) is 24.3 Å². The molecule has 2 heteroatoms. The second-order valence-corrected chi connectivity index (χ2v) is 6.07. The maximum atomic E-state index is 10.3. The van der Waals surface area contributed by atoms with E-state index in [-0.39, 0.29) is 6.42 Å². The summed E-state index contributed by atoms with van der Waals surface area (Å²) in [5.41, 5.74) is 0. The van der Waals surface area contributed by atoms with Gasteiger partial charge in [0, 0.05) is 6.42 Å². The van der Waals surface area contributed by atoms with E-state index >= 15 is 0 Å². The molecule has 0 saturated heterocycles. The molecule has 0 aliphatic carbocycles. The Morgan fingerprint density at radius 3 is 1.50 bits per heavy atom.